The van der Waals surface area contributed by atoms with Crippen molar-refractivity contribution in [2.24, 2.45) is 0 Å². The van der Waals surface area contributed by atoms with Crippen molar-refractivity contribution >= 4 is 27.5 Å². The molecular formula is C15H12BrF2NO2. The van der Waals surface area contributed by atoms with E-state index in [0.29, 0.717) is 5.69 Å². The molecule has 0 saturated heterocycles. The molecule has 2 aromatic rings. The first-order valence-corrected chi connectivity index (χ1v) is 6.89. The molecule has 2 aromatic carbocycles. The quantitative estimate of drug-likeness (QED) is 0.898. The molecule has 0 bridgehead atoms. The van der Waals surface area contributed by atoms with Gasteiger partial charge in [-0.2, -0.15) is 0 Å². The number of carbonyl (C=O) groups excluding carboxylic acids is 1. The molecule has 1 N–H and O–H groups in total. The van der Waals surface area contributed by atoms with Crippen molar-refractivity contribution < 1.29 is 18.3 Å². The number of amides is 1. The third-order valence-electron chi connectivity index (χ3n) is 2.66. The van der Waals surface area contributed by atoms with Crippen LogP contribution >= 0.6 is 15.9 Å². The number of carbonyl (C=O) groups is 1. The Morgan fingerprint density at radius 3 is 2.62 bits per heavy atom. The predicted molar refractivity (Wildman–Crippen MR) is 79.4 cm³/mol. The van der Waals surface area contributed by atoms with Crippen molar-refractivity contribution in [3.05, 3.63) is 58.1 Å². The molecule has 0 saturated carbocycles. The number of benzene rings is 2. The van der Waals surface area contributed by atoms with Crippen LogP contribution in [0.5, 0.6) is 5.75 Å². The fraction of sp³-hybridized carbons (Fsp3) is 0.133. The van der Waals surface area contributed by atoms with Gasteiger partial charge in [-0.15, -0.1) is 0 Å². The van der Waals surface area contributed by atoms with E-state index >= 15 is 0 Å². The van der Waals surface area contributed by atoms with Crippen LogP contribution < -0.4 is 10.1 Å². The van der Waals surface area contributed by atoms with E-state index in [1.165, 1.54) is 6.07 Å². The zero-order chi connectivity index (χ0) is 15.4. The van der Waals surface area contributed by atoms with Crippen LogP contribution in [0.15, 0.2) is 40.9 Å². The van der Waals surface area contributed by atoms with E-state index < -0.39 is 17.5 Å². The van der Waals surface area contributed by atoms with Gasteiger partial charge in [0.2, 0.25) is 0 Å². The van der Waals surface area contributed by atoms with Crippen LogP contribution in [0.3, 0.4) is 0 Å². The first-order valence-electron chi connectivity index (χ1n) is 6.09. The summed E-state index contributed by atoms with van der Waals surface area (Å²) in [5.74, 6) is -2.29. The number of ether oxygens (including phenoxy) is 1. The van der Waals surface area contributed by atoms with Crippen molar-refractivity contribution in [3.8, 4) is 5.75 Å². The highest BCUT2D eigenvalue weighted by Gasteiger charge is 2.08. The van der Waals surface area contributed by atoms with Gasteiger partial charge >= 0.3 is 0 Å². The summed E-state index contributed by atoms with van der Waals surface area (Å²) >= 11 is 3.34. The maximum absolute atomic E-state index is 13.0. The average molecular weight is 356 g/mol. The number of aryl methyl sites for hydroxylation is 1. The fourth-order valence-corrected chi connectivity index (χ4v) is 2.22. The number of hydrogen-bond donors (Lipinski definition) is 1. The summed E-state index contributed by atoms with van der Waals surface area (Å²) in [6.07, 6.45) is 0. The van der Waals surface area contributed by atoms with Crippen molar-refractivity contribution in [2.75, 3.05) is 11.9 Å². The van der Waals surface area contributed by atoms with Crippen LogP contribution in [-0.4, -0.2) is 12.5 Å². The van der Waals surface area contributed by atoms with Crippen LogP contribution in [0.4, 0.5) is 14.5 Å². The monoisotopic (exact) mass is 355 g/mol. The largest absolute Gasteiger partial charge is 0.484 e. The van der Waals surface area contributed by atoms with E-state index in [9.17, 15) is 13.6 Å². The van der Waals surface area contributed by atoms with Gasteiger partial charge in [0, 0.05) is 10.5 Å². The minimum atomic E-state index is -1.02. The van der Waals surface area contributed by atoms with Gasteiger partial charge in [0.25, 0.3) is 5.91 Å². The molecule has 1 amide bonds. The van der Waals surface area contributed by atoms with Gasteiger partial charge in [-0.25, -0.2) is 8.78 Å². The summed E-state index contributed by atoms with van der Waals surface area (Å²) in [4.78, 5) is 11.8. The third-order valence-corrected chi connectivity index (χ3v) is 3.32. The Labute approximate surface area is 129 Å². The molecule has 0 radical (unpaired) electrons. The molecule has 6 heteroatoms. The molecule has 21 heavy (non-hydrogen) atoms. The van der Waals surface area contributed by atoms with E-state index in [0.717, 1.165) is 22.2 Å². The Morgan fingerprint density at radius 2 is 1.95 bits per heavy atom. The first kappa shape index (κ1) is 15.4. The zero-order valence-corrected chi connectivity index (χ0v) is 12.7. The summed E-state index contributed by atoms with van der Waals surface area (Å²) in [7, 11) is 0. The topological polar surface area (TPSA) is 38.3 Å². The highest BCUT2D eigenvalue weighted by atomic mass is 79.9. The lowest BCUT2D eigenvalue weighted by Gasteiger charge is -2.09. The van der Waals surface area contributed by atoms with Gasteiger partial charge in [0.1, 0.15) is 5.75 Å². The van der Waals surface area contributed by atoms with E-state index in [4.69, 9.17) is 4.74 Å². The summed E-state index contributed by atoms with van der Waals surface area (Å²) < 4.78 is 31.6. The Kier molecular flexibility index (Phi) is 4.90. The molecule has 0 unspecified atom stereocenters. The van der Waals surface area contributed by atoms with E-state index in [2.05, 4.69) is 21.2 Å². The van der Waals surface area contributed by atoms with Gasteiger partial charge in [-0.1, -0.05) is 6.07 Å². The van der Waals surface area contributed by atoms with Crippen LogP contribution in [0.1, 0.15) is 5.56 Å². The second kappa shape index (κ2) is 6.67. The van der Waals surface area contributed by atoms with Crippen molar-refractivity contribution in [3.63, 3.8) is 0 Å². The molecule has 0 aliphatic heterocycles. The molecule has 0 aliphatic carbocycles. The molecule has 0 atom stereocenters. The number of nitrogens with one attached hydrogen (secondary N) is 1. The Morgan fingerprint density at radius 1 is 1.19 bits per heavy atom. The second-order valence-corrected chi connectivity index (χ2v) is 5.25. The average Bonchev–Trinajstić information content (AvgIpc) is 2.43. The predicted octanol–water partition coefficient (Wildman–Crippen LogP) is 4.05. The maximum Gasteiger partial charge on any atom is 0.262 e. The fourth-order valence-electron chi connectivity index (χ4n) is 1.62. The Balaban J connectivity index is 1.94. The molecule has 110 valence electrons. The maximum atomic E-state index is 13.0. The molecule has 0 heterocycles. The summed E-state index contributed by atoms with van der Waals surface area (Å²) in [6, 6.07) is 8.58. The minimum Gasteiger partial charge on any atom is -0.484 e. The van der Waals surface area contributed by atoms with Crippen LogP contribution in [-0.2, 0) is 4.79 Å². The minimum absolute atomic E-state index is 0.0898. The van der Waals surface area contributed by atoms with Crippen LogP contribution in [0.2, 0.25) is 0 Å². The molecule has 3 nitrogen and oxygen atoms in total. The van der Waals surface area contributed by atoms with Gasteiger partial charge in [-0.3, -0.25) is 4.79 Å². The van der Waals surface area contributed by atoms with Gasteiger partial charge < -0.3 is 10.1 Å². The number of anilines is 1. The van der Waals surface area contributed by atoms with Crippen molar-refractivity contribution in [2.45, 2.75) is 6.92 Å². The highest BCUT2D eigenvalue weighted by molar-refractivity contribution is 9.10. The van der Waals surface area contributed by atoms with Gasteiger partial charge in [0.05, 0.1) is 5.69 Å². The first-order chi connectivity index (χ1) is 9.95. The smallest absolute Gasteiger partial charge is 0.262 e. The normalized spacial score (nSPS) is 10.3. The molecule has 0 spiro atoms. The van der Waals surface area contributed by atoms with Crippen LogP contribution in [0.25, 0.3) is 0 Å². The molecule has 0 aromatic heterocycles. The Hall–Kier alpha value is -1.95. The standard InChI is InChI=1S/C15H12BrF2NO2/c1-9-2-5-14(11(16)6-9)19-15(20)8-21-10-3-4-12(17)13(18)7-10/h2-7H,8H2,1H3,(H,19,20). The third kappa shape index (κ3) is 4.26. The lowest BCUT2D eigenvalue weighted by Crippen LogP contribution is -2.20. The Bertz CT molecular complexity index is 677. The summed E-state index contributed by atoms with van der Waals surface area (Å²) in [5.41, 5.74) is 1.66. The van der Waals surface area contributed by atoms with Gasteiger partial charge in [-0.05, 0) is 52.7 Å². The van der Waals surface area contributed by atoms with E-state index in [1.54, 1.807) is 6.07 Å². The van der Waals surface area contributed by atoms with Crippen molar-refractivity contribution in [1.82, 2.24) is 0 Å². The van der Waals surface area contributed by atoms with Gasteiger partial charge in [0.15, 0.2) is 18.2 Å². The molecule has 2 rings (SSSR count). The molecule has 0 fully saturated rings. The van der Waals surface area contributed by atoms with Crippen molar-refractivity contribution in [1.29, 1.82) is 0 Å². The van der Waals surface area contributed by atoms with E-state index in [1.807, 2.05) is 19.1 Å². The highest BCUT2D eigenvalue weighted by Crippen LogP contribution is 2.23. The molecule has 0 aliphatic rings. The summed E-state index contributed by atoms with van der Waals surface area (Å²) in [5, 5.41) is 2.66. The molecular weight excluding hydrogens is 344 g/mol. The lowest BCUT2D eigenvalue weighted by molar-refractivity contribution is -0.118. The lowest BCUT2D eigenvalue weighted by atomic mass is 10.2. The SMILES string of the molecule is Cc1ccc(NC(=O)COc2ccc(F)c(F)c2)c(Br)c1. The van der Waals surface area contributed by atoms with E-state index in [-0.39, 0.29) is 12.4 Å². The second-order valence-electron chi connectivity index (χ2n) is 4.40. The number of halogens is 3. The zero-order valence-electron chi connectivity index (χ0n) is 11.1. The number of hydrogen-bond acceptors (Lipinski definition) is 2. The summed E-state index contributed by atoms with van der Waals surface area (Å²) in [6.45, 7) is 1.63. The number of rotatable bonds is 4. The van der Waals surface area contributed by atoms with Crippen LogP contribution in [0, 0.1) is 18.6 Å².